The van der Waals surface area contributed by atoms with Gasteiger partial charge in [0, 0.05) is 17.0 Å². The molecule has 2 N–H and O–H groups in total. The van der Waals surface area contributed by atoms with Crippen molar-refractivity contribution in [1.82, 2.24) is 0 Å². The SMILES string of the molecule is CC1SCCCC1Nc1ccc(O)c(Cl)c1. The lowest BCUT2D eigenvalue weighted by Gasteiger charge is -2.30. The van der Waals surface area contributed by atoms with Gasteiger partial charge in [-0.25, -0.2) is 0 Å². The van der Waals surface area contributed by atoms with Crippen molar-refractivity contribution < 1.29 is 5.11 Å². The van der Waals surface area contributed by atoms with E-state index in [1.807, 2.05) is 17.8 Å². The number of halogens is 1. The molecule has 0 spiro atoms. The molecule has 0 radical (unpaired) electrons. The molecule has 1 aromatic rings. The zero-order valence-electron chi connectivity index (χ0n) is 9.24. The lowest BCUT2D eigenvalue weighted by atomic mass is 10.1. The monoisotopic (exact) mass is 257 g/mol. The van der Waals surface area contributed by atoms with Crippen LogP contribution in [0.5, 0.6) is 5.75 Å². The van der Waals surface area contributed by atoms with Crippen LogP contribution in [0.3, 0.4) is 0 Å². The van der Waals surface area contributed by atoms with Crippen molar-refractivity contribution in [2.24, 2.45) is 0 Å². The number of phenols is 1. The lowest BCUT2D eigenvalue weighted by Crippen LogP contribution is -2.32. The fourth-order valence-corrected chi connectivity index (χ4v) is 3.25. The molecule has 1 aromatic carbocycles. The Morgan fingerprint density at radius 3 is 3.00 bits per heavy atom. The first kappa shape index (κ1) is 11.9. The largest absolute Gasteiger partial charge is 0.506 e. The highest BCUT2D eigenvalue weighted by atomic mass is 35.5. The van der Waals surface area contributed by atoms with E-state index in [9.17, 15) is 5.11 Å². The molecule has 88 valence electrons. The molecule has 2 nitrogen and oxygen atoms in total. The summed E-state index contributed by atoms with van der Waals surface area (Å²) in [5.41, 5.74) is 0.988. The van der Waals surface area contributed by atoms with Crippen molar-refractivity contribution in [2.75, 3.05) is 11.1 Å². The summed E-state index contributed by atoms with van der Waals surface area (Å²) in [4.78, 5) is 0. The maximum absolute atomic E-state index is 9.34. The van der Waals surface area contributed by atoms with Crippen molar-refractivity contribution in [3.05, 3.63) is 23.2 Å². The summed E-state index contributed by atoms with van der Waals surface area (Å²) in [6, 6.07) is 5.78. The molecule has 2 rings (SSSR count). The average Bonchev–Trinajstić information content (AvgIpc) is 2.27. The number of thioether (sulfide) groups is 1. The molecule has 0 saturated carbocycles. The Hall–Kier alpha value is -0.540. The third-order valence-corrected chi connectivity index (χ3v) is 4.59. The van der Waals surface area contributed by atoms with Crippen LogP contribution in [0.2, 0.25) is 5.02 Å². The molecular weight excluding hydrogens is 242 g/mol. The van der Waals surface area contributed by atoms with Crippen LogP contribution in [-0.4, -0.2) is 22.2 Å². The first-order chi connectivity index (χ1) is 7.66. The maximum Gasteiger partial charge on any atom is 0.134 e. The van der Waals surface area contributed by atoms with Gasteiger partial charge in [-0.3, -0.25) is 0 Å². The van der Waals surface area contributed by atoms with Gasteiger partial charge in [-0.15, -0.1) is 0 Å². The van der Waals surface area contributed by atoms with E-state index >= 15 is 0 Å². The van der Waals surface area contributed by atoms with Crippen LogP contribution in [0.1, 0.15) is 19.8 Å². The summed E-state index contributed by atoms with van der Waals surface area (Å²) < 4.78 is 0. The Labute approximate surface area is 105 Å². The van der Waals surface area contributed by atoms with Crippen molar-refractivity contribution >= 4 is 29.1 Å². The summed E-state index contributed by atoms with van der Waals surface area (Å²) in [5.74, 6) is 1.40. The highest BCUT2D eigenvalue weighted by Gasteiger charge is 2.21. The molecule has 1 aliphatic heterocycles. The van der Waals surface area contributed by atoms with Crippen LogP contribution in [-0.2, 0) is 0 Å². The van der Waals surface area contributed by atoms with Crippen LogP contribution in [0.15, 0.2) is 18.2 Å². The van der Waals surface area contributed by atoms with E-state index in [0.29, 0.717) is 16.3 Å². The number of nitrogens with one attached hydrogen (secondary N) is 1. The van der Waals surface area contributed by atoms with Gasteiger partial charge in [0.2, 0.25) is 0 Å². The van der Waals surface area contributed by atoms with Crippen molar-refractivity contribution in [3.8, 4) is 5.75 Å². The van der Waals surface area contributed by atoms with Gasteiger partial charge in [0.15, 0.2) is 0 Å². The second-order valence-electron chi connectivity index (χ2n) is 4.14. The van der Waals surface area contributed by atoms with Gasteiger partial charge >= 0.3 is 0 Å². The van der Waals surface area contributed by atoms with Crippen LogP contribution in [0.25, 0.3) is 0 Å². The van der Waals surface area contributed by atoms with Crippen LogP contribution >= 0.6 is 23.4 Å². The number of rotatable bonds is 2. The van der Waals surface area contributed by atoms with E-state index in [1.54, 1.807) is 12.1 Å². The lowest BCUT2D eigenvalue weighted by molar-refractivity contribution is 0.475. The summed E-state index contributed by atoms with van der Waals surface area (Å²) in [5, 5.41) is 13.9. The molecule has 2 unspecified atom stereocenters. The van der Waals surface area contributed by atoms with Gasteiger partial charge in [0.1, 0.15) is 5.75 Å². The fourth-order valence-electron chi connectivity index (χ4n) is 1.92. The number of hydrogen-bond acceptors (Lipinski definition) is 3. The molecule has 1 heterocycles. The van der Waals surface area contributed by atoms with Crippen molar-refractivity contribution in [1.29, 1.82) is 0 Å². The minimum Gasteiger partial charge on any atom is -0.506 e. The smallest absolute Gasteiger partial charge is 0.134 e. The van der Waals surface area contributed by atoms with E-state index in [-0.39, 0.29) is 5.75 Å². The Balaban J connectivity index is 2.05. The molecule has 1 saturated heterocycles. The van der Waals surface area contributed by atoms with Crippen molar-refractivity contribution in [3.63, 3.8) is 0 Å². The number of aromatic hydroxyl groups is 1. The number of phenolic OH excluding ortho intramolecular Hbond substituents is 1. The molecule has 0 amide bonds. The molecule has 0 aromatic heterocycles. The summed E-state index contributed by atoms with van der Waals surface area (Å²) in [6.07, 6.45) is 2.46. The molecule has 4 heteroatoms. The second kappa shape index (κ2) is 5.19. The third-order valence-electron chi connectivity index (χ3n) is 2.91. The van der Waals surface area contributed by atoms with Gasteiger partial charge in [0.25, 0.3) is 0 Å². The number of hydrogen-bond donors (Lipinski definition) is 2. The zero-order chi connectivity index (χ0) is 11.5. The minimum atomic E-state index is 0.137. The van der Waals surface area contributed by atoms with Crippen LogP contribution in [0.4, 0.5) is 5.69 Å². The molecule has 1 fully saturated rings. The maximum atomic E-state index is 9.34. The standard InChI is InChI=1S/C12H16ClNOS/c1-8-11(3-2-6-16-8)14-9-4-5-12(15)10(13)7-9/h4-5,7-8,11,14-15H,2-3,6H2,1H3. The Morgan fingerprint density at radius 2 is 2.31 bits per heavy atom. The Kier molecular flexibility index (Phi) is 3.87. The van der Waals surface area contributed by atoms with Crippen LogP contribution < -0.4 is 5.32 Å². The zero-order valence-corrected chi connectivity index (χ0v) is 10.8. The van der Waals surface area contributed by atoms with Gasteiger partial charge < -0.3 is 10.4 Å². The quantitative estimate of drug-likeness (QED) is 0.792. The topological polar surface area (TPSA) is 32.3 Å². The molecular formula is C12H16ClNOS. The minimum absolute atomic E-state index is 0.137. The Bertz CT molecular complexity index is 372. The Morgan fingerprint density at radius 1 is 1.50 bits per heavy atom. The van der Waals surface area contributed by atoms with Gasteiger partial charge in [-0.2, -0.15) is 11.8 Å². The molecule has 1 aliphatic rings. The average molecular weight is 258 g/mol. The van der Waals surface area contributed by atoms with E-state index in [2.05, 4.69) is 12.2 Å². The van der Waals surface area contributed by atoms with Gasteiger partial charge in [-0.1, -0.05) is 18.5 Å². The van der Waals surface area contributed by atoms with E-state index in [1.165, 1.54) is 18.6 Å². The number of anilines is 1. The van der Waals surface area contributed by atoms with Crippen molar-refractivity contribution in [2.45, 2.75) is 31.1 Å². The predicted molar refractivity (Wildman–Crippen MR) is 71.7 cm³/mol. The fraction of sp³-hybridized carbons (Fsp3) is 0.500. The molecule has 16 heavy (non-hydrogen) atoms. The first-order valence-electron chi connectivity index (χ1n) is 5.53. The summed E-state index contributed by atoms with van der Waals surface area (Å²) in [6.45, 7) is 2.25. The molecule has 2 atom stereocenters. The highest BCUT2D eigenvalue weighted by molar-refractivity contribution is 8.00. The second-order valence-corrected chi connectivity index (χ2v) is 6.03. The normalized spacial score (nSPS) is 25.4. The molecule has 0 bridgehead atoms. The summed E-state index contributed by atoms with van der Waals surface area (Å²) >= 11 is 7.88. The first-order valence-corrected chi connectivity index (χ1v) is 6.96. The van der Waals surface area contributed by atoms with Gasteiger partial charge in [-0.05, 0) is 36.8 Å². The third kappa shape index (κ3) is 2.77. The van der Waals surface area contributed by atoms with E-state index < -0.39 is 0 Å². The predicted octanol–water partition coefficient (Wildman–Crippen LogP) is 3.74. The molecule has 0 aliphatic carbocycles. The highest BCUT2D eigenvalue weighted by Crippen LogP contribution is 2.30. The van der Waals surface area contributed by atoms with Crippen LogP contribution in [0, 0.1) is 0 Å². The summed E-state index contributed by atoms with van der Waals surface area (Å²) in [7, 11) is 0. The van der Waals surface area contributed by atoms with E-state index in [4.69, 9.17) is 11.6 Å². The number of benzene rings is 1. The van der Waals surface area contributed by atoms with Gasteiger partial charge in [0.05, 0.1) is 5.02 Å². The van der Waals surface area contributed by atoms with E-state index in [0.717, 1.165) is 5.69 Å².